The van der Waals surface area contributed by atoms with Crippen molar-refractivity contribution in [2.45, 2.75) is 58.2 Å². The van der Waals surface area contributed by atoms with Crippen LogP contribution in [0.2, 0.25) is 0 Å². The first-order chi connectivity index (χ1) is 8.81. The maximum Gasteiger partial charge on any atom is 0.0929 e. The number of aliphatic hydroxyl groups excluding tert-OH is 1. The second kappa shape index (κ2) is 7.22. The van der Waals surface area contributed by atoms with Crippen molar-refractivity contribution in [1.82, 2.24) is 4.98 Å². The van der Waals surface area contributed by atoms with Crippen LogP contribution in [0.15, 0.2) is 5.38 Å². The first-order valence-corrected chi connectivity index (χ1v) is 7.85. The number of rotatable bonds is 6. The molecular formula is C14H23NO2S. The molecule has 2 rings (SSSR count). The van der Waals surface area contributed by atoms with Crippen LogP contribution in [0.5, 0.6) is 0 Å². The van der Waals surface area contributed by atoms with E-state index in [0.29, 0.717) is 25.2 Å². The van der Waals surface area contributed by atoms with Crippen molar-refractivity contribution < 1.29 is 9.84 Å². The summed E-state index contributed by atoms with van der Waals surface area (Å²) in [6, 6.07) is 0. The maximum absolute atomic E-state index is 9.09. The van der Waals surface area contributed by atoms with E-state index < -0.39 is 0 Å². The molecule has 1 N–H and O–H groups in total. The number of hydrogen-bond donors (Lipinski definition) is 1. The number of aliphatic hydroxyl groups is 1. The molecule has 0 spiro atoms. The van der Waals surface area contributed by atoms with Crippen molar-refractivity contribution >= 4 is 11.3 Å². The molecule has 1 aliphatic carbocycles. The molecule has 1 saturated carbocycles. The zero-order chi connectivity index (χ0) is 12.8. The Balaban J connectivity index is 1.71. The third kappa shape index (κ3) is 4.04. The SMILES string of the molecule is CCCc1nc(COC2CCC(CO)CC2)cs1. The van der Waals surface area contributed by atoms with Crippen molar-refractivity contribution in [1.29, 1.82) is 0 Å². The van der Waals surface area contributed by atoms with Crippen LogP contribution < -0.4 is 0 Å². The Labute approximate surface area is 113 Å². The van der Waals surface area contributed by atoms with Gasteiger partial charge in [-0.3, -0.25) is 0 Å². The second-order valence-corrected chi connectivity index (χ2v) is 6.06. The first-order valence-electron chi connectivity index (χ1n) is 6.97. The Morgan fingerprint density at radius 1 is 1.39 bits per heavy atom. The van der Waals surface area contributed by atoms with Gasteiger partial charge >= 0.3 is 0 Å². The molecule has 102 valence electrons. The highest BCUT2D eigenvalue weighted by Gasteiger charge is 2.21. The van der Waals surface area contributed by atoms with E-state index in [1.165, 1.54) is 5.01 Å². The molecule has 0 aliphatic heterocycles. The van der Waals surface area contributed by atoms with E-state index in [1.54, 1.807) is 11.3 Å². The summed E-state index contributed by atoms with van der Waals surface area (Å²) >= 11 is 1.74. The molecule has 0 bridgehead atoms. The molecule has 1 aromatic rings. The van der Waals surface area contributed by atoms with Crippen molar-refractivity contribution in [3.8, 4) is 0 Å². The lowest BCUT2D eigenvalue weighted by atomic mass is 9.88. The molecule has 1 aliphatic rings. The van der Waals surface area contributed by atoms with Gasteiger partial charge in [0.05, 0.1) is 23.4 Å². The minimum atomic E-state index is 0.333. The Kier molecular flexibility index (Phi) is 5.60. The van der Waals surface area contributed by atoms with E-state index in [2.05, 4.69) is 17.3 Å². The minimum Gasteiger partial charge on any atom is -0.396 e. The van der Waals surface area contributed by atoms with Crippen molar-refractivity contribution in [2.75, 3.05) is 6.61 Å². The summed E-state index contributed by atoms with van der Waals surface area (Å²) in [7, 11) is 0. The monoisotopic (exact) mass is 269 g/mol. The van der Waals surface area contributed by atoms with Crippen LogP contribution in [0.1, 0.15) is 49.7 Å². The standard InChI is InChI=1S/C14H23NO2S/c1-2-3-14-15-12(10-18-14)9-17-13-6-4-11(8-16)5-7-13/h10-11,13,16H,2-9H2,1H3. The van der Waals surface area contributed by atoms with Crippen LogP contribution in [-0.2, 0) is 17.8 Å². The number of aromatic nitrogens is 1. The molecule has 18 heavy (non-hydrogen) atoms. The van der Waals surface area contributed by atoms with E-state index in [9.17, 15) is 0 Å². The molecular weight excluding hydrogens is 246 g/mol. The van der Waals surface area contributed by atoms with Gasteiger partial charge in [0.15, 0.2) is 0 Å². The summed E-state index contributed by atoms with van der Waals surface area (Å²) in [5.41, 5.74) is 1.08. The normalized spacial score (nSPS) is 24.3. The van der Waals surface area contributed by atoms with E-state index in [-0.39, 0.29) is 0 Å². The van der Waals surface area contributed by atoms with Crippen LogP contribution in [0.25, 0.3) is 0 Å². The number of ether oxygens (including phenoxy) is 1. The van der Waals surface area contributed by atoms with Crippen molar-refractivity contribution in [3.05, 3.63) is 16.1 Å². The molecule has 0 atom stereocenters. The molecule has 0 aromatic carbocycles. The zero-order valence-electron chi connectivity index (χ0n) is 11.1. The zero-order valence-corrected chi connectivity index (χ0v) is 11.9. The van der Waals surface area contributed by atoms with Gasteiger partial charge in [-0.2, -0.15) is 0 Å². The summed E-state index contributed by atoms with van der Waals surface area (Å²) in [5.74, 6) is 0.500. The van der Waals surface area contributed by atoms with Gasteiger partial charge in [-0.05, 0) is 44.4 Å². The fourth-order valence-corrected chi connectivity index (χ4v) is 3.31. The molecule has 0 unspecified atom stereocenters. The Hall–Kier alpha value is -0.450. The summed E-state index contributed by atoms with van der Waals surface area (Å²) in [6.45, 7) is 3.16. The molecule has 3 nitrogen and oxygen atoms in total. The van der Waals surface area contributed by atoms with Gasteiger partial charge in [0.25, 0.3) is 0 Å². The Bertz CT molecular complexity index is 345. The van der Waals surface area contributed by atoms with Gasteiger partial charge in [-0.1, -0.05) is 6.92 Å². The van der Waals surface area contributed by atoms with E-state index in [0.717, 1.165) is 44.2 Å². The van der Waals surface area contributed by atoms with Crippen LogP contribution in [0.3, 0.4) is 0 Å². The highest BCUT2D eigenvalue weighted by atomic mass is 32.1. The predicted octanol–water partition coefficient (Wildman–Crippen LogP) is 3.16. The van der Waals surface area contributed by atoms with Gasteiger partial charge in [-0.15, -0.1) is 11.3 Å². The Morgan fingerprint density at radius 3 is 2.83 bits per heavy atom. The number of thiazole rings is 1. The van der Waals surface area contributed by atoms with E-state index in [4.69, 9.17) is 9.84 Å². The van der Waals surface area contributed by atoms with Crippen molar-refractivity contribution in [2.24, 2.45) is 5.92 Å². The number of hydrogen-bond acceptors (Lipinski definition) is 4. The Morgan fingerprint density at radius 2 is 2.17 bits per heavy atom. The molecule has 1 heterocycles. The van der Waals surface area contributed by atoms with Gasteiger partial charge in [0, 0.05) is 12.0 Å². The van der Waals surface area contributed by atoms with Gasteiger partial charge in [-0.25, -0.2) is 4.98 Å². The molecule has 4 heteroatoms. The van der Waals surface area contributed by atoms with Gasteiger partial charge in [0.2, 0.25) is 0 Å². The van der Waals surface area contributed by atoms with Crippen LogP contribution in [-0.4, -0.2) is 22.8 Å². The van der Waals surface area contributed by atoms with Crippen LogP contribution in [0.4, 0.5) is 0 Å². The predicted molar refractivity (Wildman–Crippen MR) is 73.7 cm³/mol. The van der Waals surface area contributed by atoms with Crippen molar-refractivity contribution in [3.63, 3.8) is 0 Å². The topological polar surface area (TPSA) is 42.4 Å². The van der Waals surface area contributed by atoms with Gasteiger partial charge in [0.1, 0.15) is 0 Å². The third-order valence-electron chi connectivity index (χ3n) is 3.58. The summed E-state index contributed by atoms with van der Waals surface area (Å²) in [6.07, 6.45) is 6.95. The molecule has 0 saturated heterocycles. The molecule has 0 amide bonds. The summed E-state index contributed by atoms with van der Waals surface area (Å²) in [5, 5.41) is 12.4. The lowest BCUT2D eigenvalue weighted by Crippen LogP contribution is -2.23. The summed E-state index contributed by atoms with van der Waals surface area (Å²) < 4.78 is 5.92. The average molecular weight is 269 g/mol. The smallest absolute Gasteiger partial charge is 0.0929 e. The van der Waals surface area contributed by atoms with E-state index >= 15 is 0 Å². The largest absolute Gasteiger partial charge is 0.396 e. The molecule has 0 radical (unpaired) electrons. The highest BCUT2D eigenvalue weighted by molar-refractivity contribution is 7.09. The molecule has 1 fully saturated rings. The maximum atomic E-state index is 9.09. The minimum absolute atomic E-state index is 0.333. The van der Waals surface area contributed by atoms with E-state index in [1.807, 2.05) is 0 Å². The second-order valence-electron chi connectivity index (χ2n) is 5.12. The lowest BCUT2D eigenvalue weighted by molar-refractivity contribution is -0.00000380. The fraction of sp³-hybridized carbons (Fsp3) is 0.786. The number of aryl methyl sites for hydroxylation is 1. The molecule has 1 aromatic heterocycles. The fourth-order valence-electron chi connectivity index (χ4n) is 2.43. The first kappa shape index (κ1) is 14.0. The van der Waals surface area contributed by atoms with Gasteiger partial charge < -0.3 is 9.84 Å². The highest BCUT2D eigenvalue weighted by Crippen LogP contribution is 2.26. The average Bonchev–Trinajstić information content (AvgIpc) is 2.85. The van der Waals surface area contributed by atoms with Crippen LogP contribution >= 0.6 is 11.3 Å². The van der Waals surface area contributed by atoms with Crippen LogP contribution in [0, 0.1) is 5.92 Å². The quantitative estimate of drug-likeness (QED) is 0.862. The third-order valence-corrected chi connectivity index (χ3v) is 4.54. The lowest BCUT2D eigenvalue weighted by Gasteiger charge is -2.27. The number of nitrogens with zero attached hydrogens (tertiary/aromatic N) is 1. The summed E-state index contributed by atoms with van der Waals surface area (Å²) in [4.78, 5) is 4.57.